The van der Waals surface area contributed by atoms with Gasteiger partial charge in [-0.3, -0.25) is 0 Å². The van der Waals surface area contributed by atoms with Crippen molar-refractivity contribution in [1.29, 1.82) is 0 Å². The quantitative estimate of drug-likeness (QED) is 0.866. The molecule has 0 amide bonds. The van der Waals surface area contributed by atoms with Gasteiger partial charge in [0.1, 0.15) is 5.82 Å². The predicted molar refractivity (Wildman–Crippen MR) is 61.8 cm³/mol. The first-order valence-electron chi connectivity index (χ1n) is 4.84. The summed E-state index contributed by atoms with van der Waals surface area (Å²) in [6, 6.07) is 4.04. The topological polar surface area (TPSA) is 38.0 Å². The van der Waals surface area contributed by atoms with E-state index >= 15 is 0 Å². The van der Waals surface area contributed by atoms with Crippen molar-refractivity contribution >= 4 is 11.3 Å². The van der Waals surface area contributed by atoms with Crippen LogP contribution in [0.15, 0.2) is 29.9 Å². The molecule has 0 fully saturated rings. The van der Waals surface area contributed by atoms with E-state index in [0.717, 1.165) is 10.7 Å². The fourth-order valence-corrected chi connectivity index (χ4v) is 2.22. The lowest BCUT2D eigenvalue weighted by molar-refractivity contribution is 0.0620. The van der Waals surface area contributed by atoms with Gasteiger partial charge in [-0.1, -0.05) is 6.07 Å². The lowest BCUT2D eigenvalue weighted by atomic mass is 10.1. The Hall–Kier alpha value is -1.13. The van der Waals surface area contributed by atoms with Crippen LogP contribution < -0.4 is 0 Å². The normalized spacial score (nSPS) is 11.9. The predicted octanol–water partition coefficient (Wildman–Crippen LogP) is 2.38. The van der Waals surface area contributed by atoms with Crippen molar-refractivity contribution in [3.8, 4) is 10.7 Å². The van der Waals surface area contributed by atoms with Crippen LogP contribution in [0.4, 0.5) is 0 Å². The molecule has 0 aliphatic heterocycles. The molecule has 2 heterocycles. The maximum atomic E-state index is 9.77. The Kier molecular flexibility index (Phi) is 2.63. The summed E-state index contributed by atoms with van der Waals surface area (Å²) < 4.78 is 1.98. The van der Waals surface area contributed by atoms with Crippen LogP contribution in [-0.4, -0.2) is 20.3 Å². The van der Waals surface area contributed by atoms with E-state index in [-0.39, 0.29) is 0 Å². The molecule has 2 aromatic heterocycles. The van der Waals surface area contributed by atoms with Crippen molar-refractivity contribution < 1.29 is 5.11 Å². The molecule has 80 valence electrons. The van der Waals surface area contributed by atoms with E-state index in [2.05, 4.69) is 4.98 Å². The van der Waals surface area contributed by atoms with Crippen LogP contribution in [0.25, 0.3) is 10.7 Å². The number of aromatic nitrogens is 2. The minimum atomic E-state index is -0.716. The molecule has 0 saturated heterocycles. The van der Waals surface area contributed by atoms with Crippen molar-refractivity contribution in [2.75, 3.05) is 0 Å². The average Bonchev–Trinajstić information content (AvgIpc) is 2.68. The third-order valence-electron chi connectivity index (χ3n) is 2.01. The van der Waals surface area contributed by atoms with Gasteiger partial charge in [0.05, 0.1) is 17.0 Å². The zero-order valence-corrected chi connectivity index (χ0v) is 9.66. The van der Waals surface area contributed by atoms with Gasteiger partial charge in [0.2, 0.25) is 0 Å². The summed E-state index contributed by atoms with van der Waals surface area (Å²) in [6.07, 6.45) is 3.66. The zero-order valence-electron chi connectivity index (χ0n) is 8.84. The molecule has 0 spiro atoms. The Morgan fingerprint density at radius 1 is 1.53 bits per heavy atom. The zero-order chi connectivity index (χ0) is 10.9. The van der Waals surface area contributed by atoms with Crippen LogP contribution in [0, 0.1) is 0 Å². The summed E-state index contributed by atoms with van der Waals surface area (Å²) >= 11 is 1.66. The minimum absolute atomic E-state index is 0.556. The summed E-state index contributed by atoms with van der Waals surface area (Å²) in [4.78, 5) is 5.43. The third-order valence-corrected chi connectivity index (χ3v) is 2.88. The molecule has 0 saturated carbocycles. The van der Waals surface area contributed by atoms with Gasteiger partial charge in [-0.25, -0.2) is 4.98 Å². The van der Waals surface area contributed by atoms with Gasteiger partial charge in [-0.2, -0.15) is 0 Å². The summed E-state index contributed by atoms with van der Waals surface area (Å²) in [6.45, 7) is 4.15. The fraction of sp³-hybridized carbons (Fsp3) is 0.364. The van der Waals surface area contributed by atoms with Crippen LogP contribution in [0.2, 0.25) is 0 Å². The molecular weight excluding hydrogens is 208 g/mol. The van der Waals surface area contributed by atoms with Gasteiger partial charge in [0.15, 0.2) is 0 Å². The fourth-order valence-electron chi connectivity index (χ4n) is 1.48. The molecule has 3 nitrogen and oxygen atoms in total. The van der Waals surface area contributed by atoms with Crippen LogP contribution in [0.3, 0.4) is 0 Å². The Morgan fingerprint density at radius 2 is 2.33 bits per heavy atom. The molecule has 0 bridgehead atoms. The highest BCUT2D eigenvalue weighted by atomic mass is 32.1. The Bertz CT molecular complexity index is 426. The van der Waals surface area contributed by atoms with Crippen LogP contribution in [0.1, 0.15) is 13.8 Å². The second-order valence-corrected chi connectivity index (χ2v) is 5.12. The van der Waals surface area contributed by atoms with E-state index < -0.39 is 5.60 Å². The van der Waals surface area contributed by atoms with Crippen molar-refractivity contribution in [1.82, 2.24) is 9.55 Å². The number of imidazole rings is 1. The van der Waals surface area contributed by atoms with Gasteiger partial charge in [-0.05, 0) is 25.3 Å². The number of thiophene rings is 1. The largest absolute Gasteiger partial charge is 0.389 e. The Labute approximate surface area is 93.0 Å². The molecule has 0 aromatic carbocycles. The second-order valence-electron chi connectivity index (χ2n) is 4.17. The lowest BCUT2D eigenvalue weighted by Crippen LogP contribution is -2.26. The van der Waals surface area contributed by atoms with Crippen LogP contribution in [-0.2, 0) is 6.54 Å². The SMILES string of the molecule is CC(C)(O)Cn1ccnc1-c1cccs1. The minimum Gasteiger partial charge on any atom is -0.389 e. The maximum Gasteiger partial charge on any atom is 0.150 e. The highest BCUT2D eigenvalue weighted by molar-refractivity contribution is 7.13. The molecule has 0 aliphatic rings. The molecular formula is C11H14N2OS. The number of rotatable bonds is 3. The first-order valence-corrected chi connectivity index (χ1v) is 5.72. The summed E-state index contributed by atoms with van der Waals surface area (Å²) in [5, 5.41) is 11.8. The van der Waals surface area contributed by atoms with E-state index in [1.165, 1.54) is 0 Å². The molecule has 15 heavy (non-hydrogen) atoms. The third kappa shape index (κ3) is 2.46. The monoisotopic (exact) mass is 222 g/mol. The second kappa shape index (κ2) is 3.79. The first-order chi connectivity index (χ1) is 7.06. The van der Waals surface area contributed by atoms with Gasteiger partial charge in [0, 0.05) is 12.4 Å². The van der Waals surface area contributed by atoms with Gasteiger partial charge >= 0.3 is 0 Å². The summed E-state index contributed by atoms with van der Waals surface area (Å²) in [7, 11) is 0. The molecule has 0 aliphatic carbocycles. The molecule has 0 atom stereocenters. The molecule has 0 unspecified atom stereocenters. The maximum absolute atomic E-state index is 9.77. The van der Waals surface area contributed by atoms with Crippen molar-refractivity contribution in [2.24, 2.45) is 0 Å². The summed E-state index contributed by atoms with van der Waals surface area (Å²) in [5.74, 6) is 0.923. The van der Waals surface area contributed by atoms with Gasteiger partial charge in [-0.15, -0.1) is 11.3 Å². The Balaban J connectivity index is 2.31. The Morgan fingerprint density at radius 3 is 2.93 bits per heavy atom. The molecule has 1 N–H and O–H groups in total. The van der Waals surface area contributed by atoms with E-state index in [9.17, 15) is 5.11 Å². The average molecular weight is 222 g/mol. The molecule has 2 rings (SSSR count). The van der Waals surface area contributed by atoms with E-state index in [0.29, 0.717) is 6.54 Å². The highest BCUT2D eigenvalue weighted by Gasteiger charge is 2.16. The number of hydrogen-bond donors (Lipinski definition) is 1. The van der Waals surface area contributed by atoms with Crippen molar-refractivity contribution in [3.05, 3.63) is 29.9 Å². The number of hydrogen-bond acceptors (Lipinski definition) is 3. The van der Waals surface area contributed by atoms with Crippen LogP contribution in [0.5, 0.6) is 0 Å². The molecule has 2 aromatic rings. The molecule has 0 radical (unpaired) electrons. The van der Waals surface area contributed by atoms with E-state index in [1.54, 1.807) is 31.4 Å². The standard InChI is InChI=1S/C11H14N2OS/c1-11(2,14)8-13-6-5-12-10(13)9-4-3-7-15-9/h3-7,14H,8H2,1-2H3. The van der Waals surface area contributed by atoms with E-state index in [4.69, 9.17) is 0 Å². The highest BCUT2D eigenvalue weighted by Crippen LogP contribution is 2.23. The first kappa shape index (κ1) is 10.4. The lowest BCUT2D eigenvalue weighted by Gasteiger charge is -2.18. The number of nitrogens with zero attached hydrogens (tertiary/aromatic N) is 2. The van der Waals surface area contributed by atoms with Crippen molar-refractivity contribution in [3.63, 3.8) is 0 Å². The van der Waals surface area contributed by atoms with E-state index in [1.807, 2.05) is 28.3 Å². The van der Waals surface area contributed by atoms with Gasteiger partial charge in [0.25, 0.3) is 0 Å². The molecule has 4 heteroatoms. The smallest absolute Gasteiger partial charge is 0.150 e. The van der Waals surface area contributed by atoms with Crippen LogP contribution >= 0.6 is 11.3 Å². The van der Waals surface area contributed by atoms with Crippen molar-refractivity contribution in [2.45, 2.75) is 26.0 Å². The van der Waals surface area contributed by atoms with Gasteiger partial charge < -0.3 is 9.67 Å². The summed E-state index contributed by atoms with van der Waals surface area (Å²) in [5.41, 5.74) is -0.716. The number of aliphatic hydroxyl groups is 1.